The first-order chi connectivity index (χ1) is 9.58. The summed E-state index contributed by atoms with van der Waals surface area (Å²) in [4.78, 5) is 4.82. The number of piperazine rings is 1. The number of hydrogen-bond donors (Lipinski definition) is 0. The van der Waals surface area contributed by atoms with Crippen LogP contribution in [0.15, 0.2) is 18.2 Å². The summed E-state index contributed by atoms with van der Waals surface area (Å²) in [6.07, 6.45) is 2.49. The van der Waals surface area contributed by atoms with Crippen molar-refractivity contribution in [3.8, 4) is 0 Å². The molecular weight excluding hydrogens is 275 g/mol. The zero-order valence-corrected chi connectivity index (χ0v) is 12.9. The van der Waals surface area contributed by atoms with Gasteiger partial charge in [0.1, 0.15) is 0 Å². The lowest BCUT2D eigenvalue weighted by molar-refractivity contribution is 0.176. The molecule has 4 heteroatoms. The van der Waals surface area contributed by atoms with Crippen LogP contribution >= 0.6 is 11.6 Å². The highest BCUT2D eigenvalue weighted by molar-refractivity contribution is 6.31. The quantitative estimate of drug-likeness (QED) is 0.819. The fourth-order valence-corrected chi connectivity index (χ4v) is 3.78. The zero-order chi connectivity index (χ0) is 14.3. The first-order valence-electron chi connectivity index (χ1n) is 7.52. The number of nitrogens with zero attached hydrogens (tertiary/aromatic N) is 2. The van der Waals surface area contributed by atoms with Gasteiger partial charge in [-0.2, -0.15) is 0 Å². The van der Waals surface area contributed by atoms with Gasteiger partial charge in [0.05, 0.1) is 10.7 Å². The van der Waals surface area contributed by atoms with Gasteiger partial charge in [0.25, 0.3) is 0 Å². The van der Waals surface area contributed by atoms with E-state index < -0.39 is 0 Å². The topological polar surface area (TPSA) is 6.48 Å². The van der Waals surface area contributed by atoms with Crippen molar-refractivity contribution in [3.63, 3.8) is 0 Å². The molecule has 1 aromatic rings. The lowest BCUT2D eigenvalue weighted by atomic mass is 9.96. The molecule has 0 spiro atoms. The van der Waals surface area contributed by atoms with Crippen molar-refractivity contribution in [2.75, 3.05) is 24.5 Å². The second-order valence-electron chi connectivity index (χ2n) is 6.33. The van der Waals surface area contributed by atoms with Crippen molar-refractivity contribution < 1.29 is 4.39 Å². The third kappa shape index (κ3) is 2.42. The van der Waals surface area contributed by atoms with Crippen molar-refractivity contribution in [2.45, 2.75) is 38.8 Å². The maximum Gasteiger partial charge on any atom is 0.165 e. The summed E-state index contributed by atoms with van der Waals surface area (Å²) in [5.41, 5.74) is 0.669. The molecule has 0 amide bonds. The summed E-state index contributed by atoms with van der Waals surface area (Å²) >= 11 is 5.96. The predicted octanol–water partition coefficient (Wildman–Crippen LogP) is 3.79. The van der Waals surface area contributed by atoms with Gasteiger partial charge in [-0.25, -0.2) is 4.39 Å². The first-order valence-corrected chi connectivity index (χ1v) is 7.90. The summed E-state index contributed by atoms with van der Waals surface area (Å²) in [6, 6.07) is 6.26. The molecule has 2 saturated heterocycles. The van der Waals surface area contributed by atoms with Crippen LogP contribution in [0.5, 0.6) is 0 Å². The molecule has 0 aromatic heterocycles. The number of anilines is 1. The van der Waals surface area contributed by atoms with Crippen LogP contribution < -0.4 is 4.90 Å². The summed E-state index contributed by atoms with van der Waals surface area (Å²) in [5.74, 6) is 0.223. The third-order valence-corrected chi connectivity index (χ3v) is 5.03. The second-order valence-corrected chi connectivity index (χ2v) is 6.73. The first kappa shape index (κ1) is 14.2. The Hall–Kier alpha value is -0.800. The molecular formula is C16H22ClFN2. The van der Waals surface area contributed by atoms with E-state index in [1.54, 1.807) is 6.07 Å². The second kappa shape index (κ2) is 5.53. The minimum absolute atomic E-state index is 0.221. The summed E-state index contributed by atoms with van der Waals surface area (Å²) in [6.45, 7) is 7.58. The highest BCUT2D eigenvalue weighted by Gasteiger charge is 2.38. The van der Waals surface area contributed by atoms with E-state index in [9.17, 15) is 4.39 Å². The Kier molecular flexibility index (Phi) is 3.91. The molecule has 2 nitrogen and oxygen atoms in total. The molecule has 3 rings (SSSR count). The standard InChI is InChI=1S/C16H22ClFN2/c1-11(2)15-10-19-8-4-5-12(19)9-20(15)14-7-3-6-13(17)16(14)18/h3,6-7,11-12,15H,4-5,8-10H2,1-2H3. The van der Waals surface area contributed by atoms with Crippen LogP contribution in [-0.4, -0.2) is 36.6 Å². The summed E-state index contributed by atoms with van der Waals surface area (Å²) < 4.78 is 14.4. The molecule has 110 valence electrons. The molecule has 1 aromatic carbocycles. The van der Waals surface area contributed by atoms with Crippen LogP contribution in [-0.2, 0) is 0 Å². The Balaban J connectivity index is 1.94. The van der Waals surface area contributed by atoms with Gasteiger partial charge in [-0.1, -0.05) is 31.5 Å². The van der Waals surface area contributed by atoms with Gasteiger partial charge in [-0.15, -0.1) is 0 Å². The van der Waals surface area contributed by atoms with E-state index in [0.717, 1.165) is 13.1 Å². The number of hydrogen-bond acceptors (Lipinski definition) is 2. The highest BCUT2D eigenvalue weighted by Crippen LogP contribution is 2.34. The van der Waals surface area contributed by atoms with Crippen molar-refractivity contribution in [3.05, 3.63) is 29.0 Å². The Morgan fingerprint density at radius 2 is 2.10 bits per heavy atom. The molecule has 0 saturated carbocycles. The monoisotopic (exact) mass is 296 g/mol. The molecule has 0 N–H and O–H groups in total. The largest absolute Gasteiger partial charge is 0.363 e. The summed E-state index contributed by atoms with van der Waals surface area (Å²) in [7, 11) is 0. The van der Waals surface area contributed by atoms with Gasteiger partial charge in [-0.05, 0) is 37.4 Å². The minimum Gasteiger partial charge on any atom is -0.363 e. The minimum atomic E-state index is -0.272. The average Bonchev–Trinajstić information content (AvgIpc) is 2.87. The highest BCUT2D eigenvalue weighted by atomic mass is 35.5. The van der Waals surface area contributed by atoms with E-state index >= 15 is 0 Å². The van der Waals surface area contributed by atoms with Gasteiger partial charge >= 0.3 is 0 Å². The van der Waals surface area contributed by atoms with Gasteiger partial charge in [-0.3, -0.25) is 4.90 Å². The van der Waals surface area contributed by atoms with E-state index in [0.29, 0.717) is 23.7 Å². The zero-order valence-electron chi connectivity index (χ0n) is 12.1. The molecule has 0 radical (unpaired) electrons. The molecule has 2 aliphatic heterocycles. The number of rotatable bonds is 2. The van der Waals surface area contributed by atoms with Crippen LogP contribution in [0.2, 0.25) is 5.02 Å². The molecule has 2 unspecified atom stereocenters. The third-order valence-electron chi connectivity index (χ3n) is 4.74. The van der Waals surface area contributed by atoms with Crippen molar-refractivity contribution in [2.24, 2.45) is 5.92 Å². The van der Waals surface area contributed by atoms with E-state index in [4.69, 9.17) is 11.6 Å². The average molecular weight is 297 g/mol. The van der Waals surface area contributed by atoms with Crippen LogP contribution in [0.25, 0.3) is 0 Å². The lowest BCUT2D eigenvalue weighted by Gasteiger charge is -2.46. The summed E-state index contributed by atoms with van der Waals surface area (Å²) in [5, 5.41) is 0.221. The van der Waals surface area contributed by atoms with Crippen LogP contribution in [0, 0.1) is 11.7 Å². The fraction of sp³-hybridized carbons (Fsp3) is 0.625. The van der Waals surface area contributed by atoms with Crippen LogP contribution in [0.3, 0.4) is 0 Å². The Bertz CT molecular complexity index is 491. The van der Waals surface area contributed by atoms with Gasteiger partial charge in [0.2, 0.25) is 0 Å². The molecule has 2 atom stereocenters. The van der Waals surface area contributed by atoms with Crippen molar-refractivity contribution in [1.29, 1.82) is 0 Å². The van der Waals surface area contributed by atoms with E-state index in [1.807, 2.05) is 12.1 Å². The van der Waals surface area contributed by atoms with Crippen molar-refractivity contribution >= 4 is 17.3 Å². The van der Waals surface area contributed by atoms with Gasteiger partial charge < -0.3 is 4.90 Å². The van der Waals surface area contributed by atoms with E-state index in [1.165, 1.54) is 19.4 Å². The molecule has 20 heavy (non-hydrogen) atoms. The smallest absolute Gasteiger partial charge is 0.165 e. The fourth-order valence-electron chi connectivity index (χ4n) is 3.61. The SMILES string of the molecule is CC(C)C1CN2CCCC2CN1c1cccc(Cl)c1F. The van der Waals surface area contributed by atoms with Gasteiger partial charge in [0.15, 0.2) is 5.82 Å². The van der Waals surface area contributed by atoms with Crippen LogP contribution in [0.1, 0.15) is 26.7 Å². The normalized spacial score (nSPS) is 27.1. The molecule has 2 fully saturated rings. The number of fused-ring (bicyclic) bond motifs is 1. The maximum absolute atomic E-state index is 14.4. The predicted molar refractivity (Wildman–Crippen MR) is 82.0 cm³/mol. The van der Waals surface area contributed by atoms with E-state index in [2.05, 4.69) is 23.6 Å². The lowest BCUT2D eigenvalue weighted by Crippen LogP contribution is -2.58. The molecule has 0 bridgehead atoms. The van der Waals surface area contributed by atoms with Crippen LogP contribution in [0.4, 0.5) is 10.1 Å². The Labute approximate surface area is 125 Å². The van der Waals surface area contributed by atoms with Gasteiger partial charge in [0, 0.05) is 25.2 Å². The van der Waals surface area contributed by atoms with Crippen molar-refractivity contribution in [1.82, 2.24) is 4.90 Å². The Morgan fingerprint density at radius 1 is 1.30 bits per heavy atom. The molecule has 2 heterocycles. The maximum atomic E-state index is 14.4. The molecule has 0 aliphatic carbocycles. The molecule has 2 aliphatic rings. The number of halogens is 2. The number of benzene rings is 1. The Morgan fingerprint density at radius 3 is 2.85 bits per heavy atom. The van der Waals surface area contributed by atoms with E-state index in [-0.39, 0.29) is 10.8 Å².